The Morgan fingerprint density at radius 3 is 3.07 bits per heavy atom. The Labute approximate surface area is 80.8 Å². The van der Waals surface area contributed by atoms with Crippen LogP contribution in [0.1, 0.15) is 11.1 Å². The third-order valence-electron chi connectivity index (χ3n) is 2.21. The predicted molar refractivity (Wildman–Crippen MR) is 49.5 cm³/mol. The summed E-state index contributed by atoms with van der Waals surface area (Å²) in [4.78, 5) is 11.1. The van der Waals surface area contributed by atoms with Crippen LogP contribution in [0.2, 0.25) is 0 Å². The van der Waals surface area contributed by atoms with Crippen molar-refractivity contribution < 1.29 is 9.90 Å². The molecule has 14 heavy (non-hydrogen) atoms. The molecule has 0 unspecified atom stereocenters. The fourth-order valence-electron chi connectivity index (χ4n) is 1.46. The number of aliphatic hydroxyl groups is 1. The van der Waals surface area contributed by atoms with Crippen LogP contribution < -0.4 is 5.32 Å². The van der Waals surface area contributed by atoms with E-state index in [1.165, 1.54) is 0 Å². The molecular weight excluding hydrogens is 180 g/mol. The molecule has 1 atom stereocenters. The molecular formula is C10H8N2O2. The van der Waals surface area contributed by atoms with Crippen molar-refractivity contribution in [1.82, 2.24) is 0 Å². The minimum absolute atomic E-state index is 0.312. The van der Waals surface area contributed by atoms with E-state index in [4.69, 9.17) is 5.26 Å². The highest BCUT2D eigenvalue weighted by Crippen LogP contribution is 2.23. The molecule has 0 saturated heterocycles. The van der Waals surface area contributed by atoms with Crippen molar-refractivity contribution in [2.45, 2.75) is 12.5 Å². The highest BCUT2D eigenvalue weighted by atomic mass is 16.3. The van der Waals surface area contributed by atoms with Crippen molar-refractivity contribution in [3.63, 3.8) is 0 Å². The van der Waals surface area contributed by atoms with E-state index in [0.717, 1.165) is 5.56 Å². The van der Waals surface area contributed by atoms with Crippen LogP contribution in [0, 0.1) is 11.3 Å². The number of nitriles is 1. The number of anilines is 1. The van der Waals surface area contributed by atoms with E-state index < -0.39 is 12.0 Å². The minimum Gasteiger partial charge on any atom is -0.383 e. The van der Waals surface area contributed by atoms with Crippen LogP contribution >= 0.6 is 0 Å². The van der Waals surface area contributed by atoms with E-state index >= 15 is 0 Å². The highest BCUT2D eigenvalue weighted by molar-refractivity contribution is 5.97. The van der Waals surface area contributed by atoms with Crippen LogP contribution in [0.25, 0.3) is 0 Å². The number of benzene rings is 1. The van der Waals surface area contributed by atoms with Gasteiger partial charge in [-0.3, -0.25) is 4.79 Å². The molecule has 4 heteroatoms. The van der Waals surface area contributed by atoms with Crippen LogP contribution in [0.4, 0.5) is 5.69 Å². The Kier molecular flexibility index (Phi) is 1.95. The number of amides is 1. The Morgan fingerprint density at radius 1 is 1.57 bits per heavy atom. The van der Waals surface area contributed by atoms with Crippen molar-refractivity contribution in [1.29, 1.82) is 5.26 Å². The number of fused-ring (bicyclic) bond motifs is 1. The van der Waals surface area contributed by atoms with Crippen molar-refractivity contribution in [2.24, 2.45) is 0 Å². The fraction of sp³-hybridized carbons (Fsp3) is 0.200. The Bertz CT molecular complexity index is 434. The number of nitrogens with zero attached hydrogens (tertiary/aromatic N) is 1. The summed E-state index contributed by atoms with van der Waals surface area (Å²) in [6.07, 6.45) is -0.664. The summed E-state index contributed by atoms with van der Waals surface area (Å²) in [6.45, 7) is 0. The minimum atomic E-state index is -0.976. The molecule has 1 aromatic carbocycles. The topological polar surface area (TPSA) is 73.1 Å². The Morgan fingerprint density at radius 2 is 2.36 bits per heavy atom. The van der Waals surface area contributed by atoms with Crippen molar-refractivity contribution in [3.05, 3.63) is 29.3 Å². The third kappa shape index (κ3) is 1.34. The lowest BCUT2D eigenvalue weighted by Gasteiger charge is -2.20. The predicted octanol–water partition coefficient (Wildman–Crippen LogP) is 0.414. The van der Waals surface area contributed by atoms with Crippen molar-refractivity contribution >= 4 is 11.6 Å². The SMILES string of the molecule is N#Cc1ccc2c(c1)NC(=O)[C@@H](O)C2. The lowest BCUT2D eigenvalue weighted by atomic mass is 9.99. The maximum atomic E-state index is 11.1. The normalized spacial score (nSPS) is 19.4. The summed E-state index contributed by atoms with van der Waals surface area (Å²) >= 11 is 0. The first kappa shape index (κ1) is 8.73. The average Bonchev–Trinajstić information content (AvgIpc) is 2.19. The van der Waals surface area contributed by atoms with E-state index in [1.807, 2.05) is 6.07 Å². The van der Waals surface area contributed by atoms with Gasteiger partial charge in [-0.1, -0.05) is 6.07 Å². The second-order valence-electron chi connectivity index (χ2n) is 3.19. The summed E-state index contributed by atoms with van der Waals surface area (Å²) in [7, 11) is 0. The molecule has 1 aromatic rings. The molecule has 0 aliphatic carbocycles. The second kappa shape index (κ2) is 3.13. The first-order chi connectivity index (χ1) is 6.70. The second-order valence-corrected chi connectivity index (χ2v) is 3.19. The lowest BCUT2D eigenvalue weighted by Crippen LogP contribution is -2.34. The van der Waals surface area contributed by atoms with Gasteiger partial charge in [-0.2, -0.15) is 5.26 Å². The average molecular weight is 188 g/mol. The zero-order valence-electron chi connectivity index (χ0n) is 7.32. The molecule has 1 heterocycles. The molecule has 1 aliphatic rings. The fourth-order valence-corrected chi connectivity index (χ4v) is 1.46. The molecule has 1 amide bonds. The standard InChI is InChI=1S/C10H8N2O2/c11-5-6-1-2-7-4-9(13)10(14)12-8(7)3-6/h1-3,9,13H,4H2,(H,12,14)/t9-/m0/s1. The van der Waals surface area contributed by atoms with E-state index in [1.54, 1.807) is 18.2 Å². The van der Waals surface area contributed by atoms with Gasteiger partial charge in [0.1, 0.15) is 6.10 Å². The molecule has 1 aliphatic heterocycles. The molecule has 0 bridgehead atoms. The van der Waals surface area contributed by atoms with Gasteiger partial charge in [0.2, 0.25) is 0 Å². The molecule has 0 aromatic heterocycles. The van der Waals surface area contributed by atoms with Gasteiger partial charge in [-0.25, -0.2) is 0 Å². The number of carbonyl (C=O) groups excluding carboxylic acids is 1. The van der Waals surface area contributed by atoms with Gasteiger partial charge in [-0.15, -0.1) is 0 Å². The first-order valence-corrected chi connectivity index (χ1v) is 4.22. The molecule has 0 spiro atoms. The molecule has 0 saturated carbocycles. The van der Waals surface area contributed by atoms with Crippen molar-refractivity contribution in [2.75, 3.05) is 5.32 Å². The maximum absolute atomic E-state index is 11.1. The van der Waals surface area contributed by atoms with Crippen LogP contribution in [-0.2, 0) is 11.2 Å². The summed E-state index contributed by atoms with van der Waals surface area (Å²) in [6, 6.07) is 7.02. The molecule has 2 N–H and O–H groups in total. The van der Waals surface area contributed by atoms with Crippen LogP contribution in [0.5, 0.6) is 0 Å². The maximum Gasteiger partial charge on any atom is 0.253 e. The van der Waals surface area contributed by atoms with Gasteiger partial charge in [0.05, 0.1) is 11.6 Å². The summed E-state index contributed by atoms with van der Waals surface area (Å²) in [5.74, 6) is -0.410. The van der Waals surface area contributed by atoms with Crippen molar-refractivity contribution in [3.8, 4) is 6.07 Å². The molecule has 0 fully saturated rings. The number of rotatable bonds is 0. The molecule has 2 rings (SSSR count). The summed E-state index contributed by atoms with van der Waals surface area (Å²) in [5, 5.41) is 20.5. The summed E-state index contributed by atoms with van der Waals surface area (Å²) < 4.78 is 0. The Hall–Kier alpha value is -1.86. The number of hydrogen-bond donors (Lipinski definition) is 2. The number of nitrogens with one attached hydrogen (secondary N) is 1. The largest absolute Gasteiger partial charge is 0.383 e. The first-order valence-electron chi connectivity index (χ1n) is 4.22. The zero-order valence-corrected chi connectivity index (χ0v) is 7.32. The van der Waals surface area contributed by atoms with Gasteiger partial charge in [0.15, 0.2) is 0 Å². The Balaban J connectivity index is 2.44. The van der Waals surface area contributed by atoms with Crippen LogP contribution in [0.15, 0.2) is 18.2 Å². The molecule has 4 nitrogen and oxygen atoms in total. The van der Waals surface area contributed by atoms with E-state index in [0.29, 0.717) is 17.7 Å². The van der Waals surface area contributed by atoms with Crippen LogP contribution in [-0.4, -0.2) is 17.1 Å². The van der Waals surface area contributed by atoms with E-state index in [9.17, 15) is 9.90 Å². The number of aliphatic hydroxyl groups excluding tert-OH is 1. The zero-order chi connectivity index (χ0) is 10.1. The van der Waals surface area contributed by atoms with Gasteiger partial charge < -0.3 is 10.4 Å². The van der Waals surface area contributed by atoms with E-state index in [2.05, 4.69) is 5.32 Å². The number of carbonyl (C=O) groups is 1. The van der Waals surface area contributed by atoms with Gasteiger partial charge in [0, 0.05) is 12.1 Å². The highest BCUT2D eigenvalue weighted by Gasteiger charge is 2.23. The third-order valence-corrected chi connectivity index (χ3v) is 2.21. The smallest absolute Gasteiger partial charge is 0.253 e. The summed E-state index contributed by atoms with van der Waals surface area (Å²) in [5.41, 5.74) is 1.98. The van der Waals surface area contributed by atoms with E-state index in [-0.39, 0.29) is 0 Å². The van der Waals surface area contributed by atoms with Gasteiger partial charge in [-0.05, 0) is 17.7 Å². The van der Waals surface area contributed by atoms with Gasteiger partial charge >= 0.3 is 0 Å². The monoisotopic (exact) mass is 188 g/mol. The quantitative estimate of drug-likeness (QED) is 0.619. The van der Waals surface area contributed by atoms with Gasteiger partial charge in [0.25, 0.3) is 5.91 Å². The number of hydrogen-bond acceptors (Lipinski definition) is 3. The van der Waals surface area contributed by atoms with Crippen LogP contribution in [0.3, 0.4) is 0 Å². The molecule has 70 valence electrons. The lowest BCUT2D eigenvalue weighted by molar-refractivity contribution is -0.124. The molecule has 0 radical (unpaired) electrons.